The summed E-state index contributed by atoms with van der Waals surface area (Å²) >= 11 is 0. The standard InChI is InChI=1S/C14H17NO4/c1-2-19-13(18)15-14(12(16)17)8-7-10-5-3-4-6-11(10)9-14/h3-6H,2,7-9H2,1H3,(H,15,18)(H,16,17)/t14-/m0/s1. The molecule has 2 N–H and O–H groups in total. The smallest absolute Gasteiger partial charge is 0.408 e. The average Bonchev–Trinajstić information content (AvgIpc) is 2.38. The van der Waals surface area contributed by atoms with E-state index in [9.17, 15) is 14.7 Å². The molecule has 0 unspecified atom stereocenters. The zero-order chi connectivity index (χ0) is 13.9. The van der Waals surface area contributed by atoms with Crippen LogP contribution in [-0.2, 0) is 22.4 Å². The molecule has 1 aliphatic rings. The van der Waals surface area contributed by atoms with Crippen molar-refractivity contribution in [3.8, 4) is 0 Å². The molecule has 0 aromatic heterocycles. The quantitative estimate of drug-likeness (QED) is 0.871. The van der Waals surface area contributed by atoms with Crippen LogP contribution in [0.3, 0.4) is 0 Å². The lowest BCUT2D eigenvalue weighted by Gasteiger charge is -2.34. The second kappa shape index (κ2) is 5.30. The maximum atomic E-state index is 11.6. The van der Waals surface area contributed by atoms with E-state index in [1.165, 1.54) is 0 Å². The summed E-state index contributed by atoms with van der Waals surface area (Å²) in [6.07, 6.45) is 0.619. The molecule has 5 heteroatoms. The van der Waals surface area contributed by atoms with Crippen LogP contribution in [0.25, 0.3) is 0 Å². The zero-order valence-corrected chi connectivity index (χ0v) is 10.8. The summed E-state index contributed by atoms with van der Waals surface area (Å²) in [5.74, 6) is -1.02. The Morgan fingerprint density at radius 1 is 1.37 bits per heavy atom. The number of benzene rings is 1. The predicted octanol–water partition coefficient (Wildman–Crippen LogP) is 1.74. The van der Waals surface area contributed by atoms with Crippen LogP contribution in [0.4, 0.5) is 4.79 Å². The number of ether oxygens (including phenoxy) is 1. The molecule has 19 heavy (non-hydrogen) atoms. The highest BCUT2D eigenvalue weighted by Gasteiger charge is 2.43. The molecule has 0 radical (unpaired) electrons. The molecular weight excluding hydrogens is 246 g/mol. The molecule has 1 aliphatic carbocycles. The van der Waals surface area contributed by atoms with Gasteiger partial charge in [0.15, 0.2) is 0 Å². The van der Waals surface area contributed by atoms with Crippen LogP contribution in [0, 0.1) is 0 Å². The van der Waals surface area contributed by atoms with E-state index >= 15 is 0 Å². The Hall–Kier alpha value is -2.04. The first-order valence-electron chi connectivity index (χ1n) is 6.32. The van der Waals surface area contributed by atoms with Gasteiger partial charge in [-0.2, -0.15) is 0 Å². The van der Waals surface area contributed by atoms with Crippen LogP contribution in [0.1, 0.15) is 24.5 Å². The van der Waals surface area contributed by atoms with Crippen LogP contribution in [0.5, 0.6) is 0 Å². The van der Waals surface area contributed by atoms with E-state index < -0.39 is 17.6 Å². The van der Waals surface area contributed by atoms with Crippen molar-refractivity contribution >= 4 is 12.1 Å². The Morgan fingerprint density at radius 2 is 2.05 bits per heavy atom. The number of carboxylic acids is 1. The molecule has 0 fully saturated rings. The van der Waals surface area contributed by atoms with Crippen molar-refractivity contribution in [2.75, 3.05) is 6.61 Å². The van der Waals surface area contributed by atoms with Crippen LogP contribution < -0.4 is 5.32 Å². The number of alkyl carbamates (subject to hydrolysis) is 1. The maximum absolute atomic E-state index is 11.6. The minimum atomic E-state index is -1.26. The fourth-order valence-electron chi connectivity index (χ4n) is 2.44. The van der Waals surface area contributed by atoms with Crippen molar-refractivity contribution in [3.63, 3.8) is 0 Å². The molecule has 1 atom stereocenters. The molecule has 102 valence electrons. The van der Waals surface area contributed by atoms with Gasteiger partial charge < -0.3 is 15.2 Å². The molecule has 0 spiro atoms. The molecule has 0 saturated heterocycles. The Bertz CT molecular complexity index is 500. The summed E-state index contributed by atoms with van der Waals surface area (Å²) in [4.78, 5) is 23.1. The van der Waals surface area contributed by atoms with E-state index in [2.05, 4.69) is 5.32 Å². The summed E-state index contributed by atoms with van der Waals surface area (Å²) in [5.41, 5.74) is 0.846. The predicted molar refractivity (Wildman–Crippen MR) is 69.0 cm³/mol. The number of hydrogen-bond acceptors (Lipinski definition) is 3. The third-order valence-electron chi connectivity index (χ3n) is 3.46. The van der Waals surface area contributed by atoms with E-state index in [1.807, 2.05) is 24.3 Å². The number of hydrogen-bond donors (Lipinski definition) is 2. The van der Waals surface area contributed by atoms with Crippen molar-refractivity contribution in [1.29, 1.82) is 0 Å². The first-order valence-corrected chi connectivity index (χ1v) is 6.32. The fourth-order valence-corrected chi connectivity index (χ4v) is 2.44. The van der Waals surface area contributed by atoms with Gasteiger partial charge in [-0.05, 0) is 30.9 Å². The van der Waals surface area contributed by atoms with Crippen molar-refractivity contribution < 1.29 is 19.4 Å². The number of carbonyl (C=O) groups is 2. The van der Waals surface area contributed by atoms with Crippen LogP contribution in [-0.4, -0.2) is 29.3 Å². The van der Waals surface area contributed by atoms with Gasteiger partial charge in [0.25, 0.3) is 0 Å². The first-order chi connectivity index (χ1) is 9.07. The number of carboxylic acid groups (broad SMARTS) is 1. The minimum Gasteiger partial charge on any atom is -0.479 e. The number of aryl methyl sites for hydroxylation is 1. The molecule has 1 aromatic carbocycles. The van der Waals surface area contributed by atoms with Gasteiger partial charge in [0.05, 0.1) is 6.61 Å². The van der Waals surface area contributed by atoms with Crippen molar-refractivity contribution in [3.05, 3.63) is 35.4 Å². The van der Waals surface area contributed by atoms with E-state index in [-0.39, 0.29) is 13.0 Å². The second-order valence-electron chi connectivity index (χ2n) is 4.68. The highest BCUT2D eigenvalue weighted by atomic mass is 16.5. The summed E-state index contributed by atoms with van der Waals surface area (Å²) in [6.45, 7) is 1.90. The molecule has 1 amide bonds. The average molecular weight is 263 g/mol. The molecule has 5 nitrogen and oxygen atoms in total. The van der Waals surface area contributed by atoms with E-state index in [0.29, 0.717) is 12.8 Å². The zero-order valence-electron chi connectivity index (χ0n) is 10.8. The van der Waals surface area contributed by atoms with Gasteiger partial charge in [-0.15, -0.1) is 0 Å². The summed E-state index contributed by atoms with van der Waals surface area (Å²) in [5, 5.41) is 12.0. The number of carbonyl (C=O) groups excluding carboxylic acids is 1. The Labute approximate surface area is 111 Å². The molecule has 0 saturated carbocycles. The number of fused-ring (bicyclic) bond motifs is 1. The van der Waals surface area contributed by atoms with Crippen LogP contribution in [0.2, 0.25) is 0 Å². The SMILES string of the molecule is CCOC(=O)N[C@@]1(C(=O)O)CCc2ccccc2C1. The number of amides is 1. The van der Waals surface area contributed by atoms with Gasteiger partial charge in [0, 0.05) is 6.42 Å². The minimum absolute atomic E-state index is 0.220. The van der Waals surface area contributed by atoms with E-state index in [1.54, 1.807) is 6.92 Å². The normalized spacial score (nSPS) is 21.3. The third-order valence-corrected chi connectivity index (χ3v) is 3.46. The van der Waals surface area contributed by atoms with Crippen molar-refractivity contribution in [2.45, 2.75) is 31.7 Å². The first kappa shape index (κ1) is 13.4. The van der Waals surface area contributed by atoms with Crippen LogP contribution >= 0.6 is 0 Å². The lowest BCUT2D eigenvalue weighted by atomic mass is 9.78. The summed E-state index contributed by atoms with van der Waals surface area (Å²) in [6, 6.07) is 7.71. The Morgan fingerprint density at radius 3 is 2.68 bits per heavy atom. The number of rotatable bonds is 3. The Kier molecular flexibility index (Phi) is 3.74. The lowest BCUT2D eigenvalue weighted by molar-refractivity contribution is -0.145. The van der Waals surface area contributed by atoms with Gasteiger partial charge in [0.1, 0.15) is 5.54 Å². The van der Waals surface area contributed by atoms with Gasteiger partial charge in [0.2, 0.25) is 0 Å². The number of aliphatic carboxylic acids is 1. The van der Waals surface area contributed by atoms with E-state index in [4.69, 9.17) is 4.74 Å². The van der Waals surface area contributed by atoms with Crippen molar-refractivity contribution in [1.82, 2.24) is 5.32 Å². The van der Waals surface area contributed by atoms with Gasteiger partial charge >= 0.3 is 12.1 Å². The van der Waals surface area contributed by atoms with Crippen LogP contribution in [0.15, 0.2) is 24.3 Å². The third kappa shape index (κ3) is 2.70. The second-order valence-corrected chi connectivity index (χ2v) is 4.68. The molecule has 2 rings (SSSR count). The van der Waals surface area contributed by atoms with Gasteiger partial charge in [-0.1, -0.05) is 24.3 Å². The fraction of sp³-hybridized carbons (Fsp3) is 0.429. The topological polar surface area (TPSA) is 75.6 Å². The molecule has 1 aromatic rings. The molecule has 0 bridgehead atoms. The van der Waals surface area contributed by atoms with Gasteiger partial charge in [-0.25, -0.2) is 9.59 Å². The summed E-state index contributed by atoms with van der Waals surface area (Å²) in [7, 11) is 0. The number of nitrogens with one attached hydrogen (secondary N) is 1. The molecule has 0 aliphatic heterocycles. The molecular formula is C14H17NO4. The van der Waals surface area contributed by atoms with Crippen molar-refractivity contribution in [2.24, 2.45) is 0 Å². The molecule has 0 heterocycles. The van der Waals surface area contributed by atoms with E-state index in [0.717, 1.165) is 11.1 Å². The maximum Gasteiger partial charge on any atom is 0.408 e. The van der Waals surface area contributed by atoms with Gasteiger partial charge in [-0.3, -0.25) is 0 Å². The highest BCUT2D eigenvalue weighted by Crippen LogP contribution is 2.29. The largest absolute Gasteiger partial charge is 0.479 e. The Balaban J connectivity index is 2.23. The monoisotopic (exact) mass is 263 g/mol. The lowest BCUT2D eigenvalue weighted by Crippen LogP contribution is -2.57. The highest BCUT2D eigenvalue weighted by molar-refractivity contribution is 5.85. The summed E-state index contributed by atoms with van der Waals surface area (Å²) < 4.78 is 4.79.